The van der Waals surface area contributed by atoms with Crippen molar-refractivity contribution in [3.05, 3.63) is 0 Å². The normalized spacial score (nSPS) is 42.3. The van der Waals surface area contributed by atoms with Crippen LogP contribution in [0.15, 0.2) is 0 Å². The lowest BCUT2D eigenvalue weighted by Gasteiger charge is -2.53. The van der Waals surface area contributed by atoms with Gasteiger partial charge in [-0.05, 0) is 55.8 Å². The number of hydrogen-bond donors (Lipinski definition) is 0. The molecule has 0 saturated heterocycles. The minimum atomic E-state index is -4.19. The summed E-state index contributed by atoms with van der Waals surface area (Å²) >= 11 is 0. The van der Waals surface area contributed by atoms with Crippen LogP contribution in [0.25, 0.3) is 0 Å². The van der Waals surface area contributed by atoms with Crippen molar-refractivity contribution in [2.75, 3.05) is 0 Å². The lowest BCUT2D eigenvalue weighted by molar-refractivity contribution is -0.151. The van der Waals surface area contributed by atoms with Gasteiger partial charge in [-0.3, -0.25) is 4.79 Å². The van der Waals surface area contributed by atoms with Gasteiger partial charge in [0.2, 0.25) is 0 Å². The molecule has 4 bridgehead atoms. The summed E-state index contributed by atoms with van der Waals surface area (Å²) in [6, 6.07) is 0. The van der Waals surface area contributed by atoms with Crippen molar-refractivity contribution in [3.8, 4) is 0 Å². The minimum Gasteiger partial charge on any atom is -0.299 e. The molecule has 4 heteroatoms. The molecule has 0 aliphatic heterocycles. The quantitative estimate of drug-likeness (QED) is 0.750. The smallest absolute Gasteiger partial charge is 0.299 e. The topological polar surface area (TPSA) is 17.1 Å². The Bertz CT molecular complexity index is 319. The first kappa shape index (κ1) is 12.5. The van der Waals surface area contributed by atoms with Crippen molar-refractivity contribution in [3.63, 3.8) is 0 Å². The molecule has 0 spiro atoms. The highest BCUT2D eigenvalue weighted by Gasteiger charge is 2.50. The van der Waals surface area contributed by atoms with Crippen LogP contribution in [0.5, 0.6) is 0 Å². The molecule has 0 N–H and O–H groups in total. The molecule has 0 aromatic rings. The van der Waals surface area contributed by atoms with Gasteiger partial charge in [-0.15, -0.1) is 0 Å². The standard InChI is InChI=1S/C14H19F3O/c15-14(16,17)2-1-12(18)13-10-4-8-3-9(6-10)7-11(13)5-8/h8-11,13H,1-7H2. The Balaban J connectivity index is 1.64. The van der Waals surface area contributed by atoms with Gasteiger partial charge in [0.05, 0.1) is 6.42 Å². The van der Waals surface area contributed by atoms with E-state index in [1.807, 2.05) is 0 Å². The second-order valence-corrected chi connectivity index (χ2v) is 6.54. The van der Waals surface area contributed by atoms with Crippen molar-refractivity contribution in [1.82, 2.24) is 0 Å². The van der Waals surface area contributed by atoms with E-state index in [2.05, 4.69) is 0 Å². The van der Waals surface area contributed by atoms with Crippen molar-refractivity contribution in [1.29, 1.82) is 0 Å². The maximum Gasteiger partial charge on any atom is 0.389 e. The van der Waals surface area contributed by atoms with Gasteiger partial charge >= 0.3 is 6.18 Å². The third-order valence-electron chi connectivity index (χ3n) is 5.25. The molecule has 0 aromatic carbocycles. The van der Waals surface area contributed by atoms with E-state index in [0.29, 0.717) is 11.8 Å². The predicted octanol–water partition coefficient (Wildman–Crippen LogP) is 3.97. The number of ketones is 1. The zero-order valence-corrected chi connectivity index (χ0v) is 10.4. The highest BCUT2D eigenvalue weighted by Crippen LogP contribution is 2.57. The van der Waals surface area contributed by atoms with Gasteiger partial charge in [-0.25, -0.2) is 0 Å². The molecule has 1 nitrogen and oxygen atoms in total. The largest absolute Gasteiger partial charge is 0.389 e. The zero-order valence-electron chi connectivity index (χ0n) is 10.4. The highest BCUT2D eigenvalue weighted by atomic mass is 19.4. The van der Waals surface area contributed by atoms with E-state index in [9.17, 15) is 18.0 Å². The fourth-order valence-corrected chi connectivity index (χ4v) is 4.88. The third kappa shape index (κ3) is 2.30. The van der Waals surface area contributed by atoms with Crippen LogP contribution in [-0.4, -0.2) is 12.0 Å². The van der Waals surface area contributed by atoms with Crippen molar-refractivity contribution in [2.24, 2.45) is 29.6 Å². The molecule has 4 saturated carbocycles. The first-order chi connectivity index (χ1) is 8.42. The van der Waals surface area contributed by atoms with E-state index in [1.54, 1.807) is 0 Å². The average Bonchev–Trinajstić information content (AvgIpc) is 2.23. The van der Waals surface area contributed by atoms with E-state index in [1.165, 1.54) is 6.42 Å². The summed E-state index contributed by atoms with van der Waals surface area (Å²) in [5.74, 6) is 2.18. The van der Waals surface area contributed by atoms with Crippen molar-refractivity contribution < 1.29 is 18.0 Å². The SMILES string of the molecule is O=C(CCC(F)(F)F)C1C2CC3CC(C2)CC1C3. The Kier molecular flexibility index (Phi) is 2.94. The molecule has 4 rings (SSSR count). The maximum atomic E-state index is 12.2. The number of carbonyl (C=O) groups excluding carboxylic acids is 1. The Hall–Kier alpha value is -0.540. The molecule has 18 heavy (non-hydrogen) atoms. The van der Waals surface area contributed by atoms with E-state index in [-0.39, 0.29) is 18.1 Å². The summed E-state index contributed by atoms with van der Waals surface area (Å²) < 4.78 is 36.6. The Labute approximate surface area is 105 Å². The molecule has 4 aliphatic carbocycles. The van der Waals surface area contributed by atoms with Crippen LogP contribution in [0.3, 0.4) is 0 Å². The monoisotopic (exact) mass is 260 g/mol. The van der Waals surface area contributed by atoms with Crippen LogP contribution in [0.2, 0.25) is 0 Å². The van der Waals surface area contributed by atoms with Crippen LogP contribution in [0, 0.1) is 29.6 Å². The van der Waals surface area contributed by atoms with Crippen LogP contribution in [0.1, 0.15) is 44.9 Å². The maximum absolute atomic E-state index is 12.2. The lowest BCUT2D eigenvalue weighted by Crippen LogP contribution is -2.48. The Morgan fingerprint density at radius 1 is 0.944 bits per heavy atom. The Morgan fingerprint density at radius 3 is 1.89 bits per heavy atom. The number of Topliss-reactive ketones (excluding diaryl/α,β-unsaturated/α-hetero) is 1. The van der Waals surface area contributed by atoms with E-state index in [4.69, 9.17) is 0 Å². The molecule has 4 aliphatic rings. The Morgan fingerprint density at radius 2 is 1.44 bits per heavy atom. The minimum absolute atomic E-state index is 0.0415. The van der Waals surface area contributed by atoms with Crippen LogP contribution in [-0.2, 0) is 4.79 Å². The summed E-state index contributed by atoms with van der Waals surface area (Å²) in [5.41, 5.74) is 0. The van der Waals surface area contributed by atoms with Gasteiger partial charge in [0.1, 0.15) is 5.78 Å². The van der Waals surface area contributed by atoms with Gasteiger partial charge in [0.25, 0.3) is 0 Å². The van der Waals surface area contributed by atoms with Crippen LogP contribution in [0.4, 0.5) is 13.2 Å². The van der Waals surface area contributed by atoms with Gasteiger partial charge in [0.15, 0.2) is 0 Å². The summed E-state index contributed by atoms with van der Waals surface area (Å²) in [6.45, 7) is 0. The first-order valence-corrected chi connectivity index (χ1v) is 7.02. The number of halogens is 3. The van der Waals surface area contributed by atoms with Crippen LogP contribution < -0.4 is 0 Å². The van der Waals surface area contributed by atoms with E-state index >= 15 is 0 Å². The van der Waals surface area contributed by atoms with Gasteiger partial charge in [-0.2, -0.15) is 13.2 Å². The summed E-state index contributed by atoms with van der Waals surface area (Å²) in [4.78, 5) is 12.1. The molecular formula is C14H19F3O. The fraction of sp³-hybridized carbons (Fsp3) is 0.929. The lowest BCUT2D eigenvalue weighted by atomic mass is 9.51. The summed E-state index contributed by atoms with van der Waals surface area (Å²) in [5, 5.41) is 0. The molecule has 4 fully saturated rings. The molecule has 0 atom stereocenters. The molecule has 0 aromatic heterocycles. The van der Waals surface area contributed by atoms with Gasteiger partial charge in [0, 0.05) is 12.3 Å². The molecule has 0 heterocycles. The fourth-order valence-electron chi connectivity index (χ4n) is 4.88. The molecule has 0 unspecified atom stereocenters. The van der Waals surface area contributed by atoms with Crippen LogP contribution >= 0.6 is 0 Å². The second-order valence-electron chi connectivity index (χ2n) is 6.54. The molecule has 0 radical (unpaired) electrons. The van der Waals surface area contributed by atoms with Gasteiger partial charge in [-0.1, -0.05) is 0 Å². The number of hydrogen-bond acceptors (Lipinski definition) is 1. The summed E-state index contributed by atoms with van der Waals surface area (Å²) in [7, 11) is 0. The zero-order chi connectivity index (χ0) is 12.9. The first-order valence-electron chi connectivity index (χ1n) is 7.02. The van der Waals surface area contributed by atoms with Gasteiger partial charge < -0.3 is 0 Å². The molecule has 0 amide bonds. The number of alkyl halides is 3. The van der Waals surface area contributed by atoms with E-state index < -0.39 is 12.6 Å². The van der Waals surface area contributed by atoms with Crippen molar-refractivity contribution >= 4 is 5.78 Å². The number of carbonyl (C=O) groups is 1. The molecule has 102 valence electrons. The van der Waals surface area contributed by atoms with Crippen molar-refractivity contribution in [2.45, 2.75) is 51.1 Å². The number of rotatable bonds is 3. The molecular weight excluding hydrogens is 241 g/mol. The predicted molar refractivity (Wildman–Crippen MR) is 60.8 cm³/mol. The highest BCUT2D eigenvalue weighted by molar-refractivity contribution is 5.82. The summed E-state index contributed by atoms with van der Waals surface area (Å²) in [6.07, 6.45) is 0.249. The average molecular weight is 260 g/mol. The third-order valence-corrected chi connectivity index (χ3v) is 5.25. The van der Waals surface area contributed by atoms with E-state index in [0.717, 1.165) is 37.5 Å². The second kappa shape index (κ2) is 4.24.